The van der Waals surface area contributed by atoms with Crippen LogP contribution in [0.1, 0.15) is 54.8 Å². The Hall–Kier alpha value is -3.22. The first-order valence-corrected chi connectivity index (χ1v) is 11.2. The summed E-state index contributed by atoms with van der Waals surface area (Å²) in [6.07, 6.45) is -3.73. The molecule has 1 aromatic carbocycles. The average molecular weight is 501 g/mol. The van der Waals surface area contributed by atoms with E-state index in [1.807, 2.05) is 5.32 Å². The summed E-state index contributed by atoms with van der Waals surface area (Å²) >= 11 is 0. The van der Waals surface area contributed by atoms with Crippen molar-refractivity contribution in [1.82, 2.24) is 25.6 Å². The molecule has 1 atom stereocenters. The molecule has 1 heterocycles. The number of nitrogens with zero attached hydrogens (tertiary/aromatic N) is 3. The number of ether oxygens (including phenoxy) is 1. The molecule has 0 bridgehead atoms. The summed E-state index contributed by atoms with van der Waals surface area (Å²) in [6, 6.07) is 5.21. The zero-order valence-electron chi connectivity index (χ0n) is 19.0. The highest BCUT2D eigenvalue weighted by Crippen LogP contribution is 2.33. The molecule has 1 aliphatic rings. The number of benzene rings is 1. The Bertz CT molecular complexity index is 1020. The van der Waals surface area contributed by atoms with Crippen molar-refractivity contribution in [2.45, 2.75) is 57.5 Å². The van der Waals surface area contributed by atoms with Crippen molar-refractivity contribution in [1.29, 1.82) is 0 Å². The highest BCUT2D eigenvalue weighted by Gasteiger charge is 2.33. The third kappa shape index (κ3) is 7.64. The summed E-state index contributed by atoms with van der Waals surface area (Å²) in [5, 5.41) is 22.0. The van der Waals surface area contributed by atoms with Crippen LogP contribution in [0.3, 0.4) is 0 Å². The van der Waals surface area contributed by atoms with E-state index in [1.54, 1.807) is 6.07 Å². The lowest BCUT2D eigenvalue weighted by Gasteiger charge is -2.28. The lowest BCUT2D eigenvalue weighted by atomic mass is 9.85. The molecular weight excluding hydrogens is 474 g/mol. The van der Waals surface area contributed by atoms with Crippen LogP contribution in [-0.2, 0) is 11.4 Å². The first-order valence-electron chi connectivity index (χ1n) is 11.2. The van der Waals surface area contributed by atoms with E-state index in [4.69, 9.17) is 4.74 Å². The molecule has 3 N–H and O–H groups in total. The van der Waals surface area contributed by atoms with E-state index >= 15 is 0 Å². The third-order valence-corrected chi connectivity index (χ3v) is 5.61. The van der Waals surface area contributed by atoms with E-state index in [0.29, 0.717) is 31.4 Å². The number of halogens is 4. The lowest BCUT2D eigenvalue weighted by molar-refractivity contribution is -0.141. The van der Waals surface area contributed by atoms with Gasteiger partial charge in [-0.05, 0) is 44.7 Å². The zero-order chi connectivity index (χ0) is 25.6. The summed E-state index contributed by atoms with van der Waals surface area (Å²) in [5.41, 5.74) is 0.300. The van der Waals surface area contributed by atoms with E-state index in [9.17, 15) is 32.3 Å². The summed E-state index contributed by atoms with van der Waals surface area (Å²) in [5.74, 6) is -2.04. The fraction of sp³-hybridized carbons (Fsp3) is 0.545. The largest absolute Gasteiger partial charge is 0.487 e. The van der Waals surface area contributed by atoms with E-state index in [1.165, 1.54) is 29.8 Å². The number of carbonyl (C=O) groups is 2. The van der Waals surface area contributed by atoms with Gasteiger partial charge in [0.2, 0.25) is 5.91 Å². The molecule has 2 amide bonds. The summed E-state index contributed by atoms with van der Waals surface area (Å²) in [6.45, 7) is -0.0241. The summed E-state index contributed by atoms with van der Waals surface area (Å²) in [7, 11) is 0. The topological polar surface area (TPSA) is 118 Å². The summed E-state index contributed by atoms with van der Waals surface area (Å²) in [4.78, 5) is 24.7. The van der Waals surface area contributed by atoms with Crippen LogP contribution in [0.25, 0.3) is 0 Å². The molecule has 0 aliphatic heterocycles. The van der Waals surface area contributed by atoms with Crippen LogP contribution in [0, 0.1) is 11.7 Å². The Labute approximate surface area is 198 Å². The smallest absolute Gasteiger partial charge is 0.405 e. The molecule has 1 saturated carbocycles. The number of aromatic nitrogens is 3. The first kappa shape index (κ1) is 26.4. The van der Waals surface area contributed by atoms with Gasteiger partial charge < -0.3 is 20.5 Å². The minimum atomic E-state index is -4.48. The van der Waals surface area contributed by atoms with Crippen molar-refractivity contribution in [3.05, 3.63) is 41.5 Å². The molecule has 0 saturated heterocycles. The maximum atomic E-state index is 13.5. The molecule has 13 heteroatoms. The Morgan fingerprint density at radius 2 is 1.94 bits per heavy atom. The van der Waals surface area contributed by atoms with Gasteiger partial charge in [0.05, 0.1) is 12.1 Å². The third-order valence-electron chi connectivity index (χ3n) is 5.61. The zero-order valence-corrected chi connectivity index (χ0v) is 19.0. The standard InChI is InChI=1S/C22H27F4N5O4/c1-13(32)10-27-21(34)19-18(11-35-17-4-2-3-15(23)9-17)31(30-29-19)16-7-5-14(6-8-16)20(33)28-12-22(24,25)26/h2-4,9,13-14,16,32H,5-8,10-12H2,1H3,(H,27,34)(H,28,33). The van der Waals surface area contributed by atoms with E-state index in [-0.39, 0.29) is 30.6 Å². The van der Waals surface area contributed by atoms with Gasteiger partial charge in [-0.3, -0.25) is 9.59 Å². The van der Waals surface area contributed by atoms with Crippen molar-refractivity contribution in [2.24, 2.45) is 5.92 Å². The number of rotatable bonds is 9. The van der Waals surface area contributed by atoms with Crippen molar-refractivity contribution in [3.63, 3.8) is 0 Å². The second-order valence-corrected chi connectivity index (χ2v) is 8.47. The monoisotopic (exact) mass is 501 g/mol. The highest BCUT2D eigenvalue weighted by atomic mass is 19.4. The van der Waals surface area contributed by atoms with Crippen LogP contribution in [0.4, 0.5) is 17.6 Å². The Morgan fingerprint density at radius 3 is 2.57 bits per heavy atom. The lowest BCUT2D eigenvalue weighted by Crippen LogP contribution is -2.39. The molecule has 0 spiro atoms. The van der Waals surface area contributed by atoms with E-state index < -0.39 is 42.4 Å². The van der Waals surface area contributed by atoms with Gasteiger partial charge in [0.25, 0.3) is 5.91 Å². The molecule has 1 aromatic heterocycles. The van der Waals surface area contributed by atoms with E-state index in [2.05, 4.69) is 15.6 Å². The number of aliphatic hydroxyl groups excluding tert-OH is 1. The maximum Gasteiger partial charge on any atom is 0.405 e. The fourth-order valence-corrected chi connectivity index (χ4v) is 3.86. The number of amides is 2. The minimum absolute atomic E-state index is 0.00592. The fourth-order valence-electron chi connectivity index (χ4n) is 3.86. The molecule has 35 heavy (non-hydrogen) atoms. The van der Waals surface area contributed by atoms with Crippen LogP contribution in [0.2, 0.25) is 0 Å². The molecule has 3 rings (SSSR count). The predicted octanol–water partition coefficient (Wildman–Crippen LogP) is 2.52. The normalized spacial score (nSPS) is 19.1. The van der Waals surface area contributed by atoms with Gasteiger partial charge >= 0.3 is 6.18 Å². The van der Waals surface area contributed by atoms with Crippen molar-refractivity contribution in [2.75, 3.05) is 13.1 Å². The number of nitrogens with one attached hydrogen (secondary N) is 2. The molecule has 2 aromatic rings. The molecule has 1 unspecified atom stereocenters. The van der Waals surface area contributed by atoms with Crippen LogP contribution in [0.15, 0.2) is 24.3 Å². The Kier molecular flexibility index (Phi) is 8.65. The summed E-state index contributed by atoms with van der Waals surface area (Å²) < 4.78 is 57.8. The average Bonchev–Trinajstić information content (AvgIpc) is 3.23. The highest BCUT2D eigenvalue weighted by molar-refractivity contribution is 5.93. The van der Waals surface area contributed by atoms with Crippen molar-refractivity contribution in [3.8, 4) is 5.75 Å². The quantitative estimate of drug-likeness (QED) is 0.455. The number of hydrogen-bond donors (Lipinski definition) is 3. The second-order valence-electron chi connectivity index (χ2n) is 8.47. The van der Waals surface area contributed by atoms with Gasteiger partial charge in [-0.15, -0.1) is 5.10 Å². The Morgan fingerprint density at radius 1 is 1.23 bits per heavy atom. The van der Waals surface area contributed by atoms with Crippen LogP contribution in [-0.4, -0.2) is 57.3 Å². The molecule has 9 nitrogen and oxygen atoms in total. The number of aliphatic hydroxyl groups is 1. The van der Waals surface area contributed by atoms with Crippen molar-refractivity contribution >= 4 is 11.8 Å². The van der Waals surface area contributed by atoms with E-state index in [0.717, 1.165) is 0 Å². The minimum Gasteiger partial charge on any atom is -0.487 e. The van der Waals surface area contributed by atoms with Gasteiger partial charge in [0.1, 0.15) is 30.4 Å². The van der Waals surface area contributed by atoms with Crippen LogP contribution >= 0.6 is 0 Å². The van der Waals surface area contributed by atoms with Gasteiger partial charge in [-0.2, -0.15) is 13.2 Å². The van der Waals surface area contributed by atoms with Gasteiger partial charge in [0, 0.05) is 18.5 Å². The molecule has 1 aliphatic carbocycles. The maximum absolute atomic E-state index is 13.5. The van der Waals surface area contributed by atoms with Crippen molar-refractivity contribution < 1.29 is 37.0 Å². The second kappa shape index (κ2) is 11.5. The number of carbonyl (C=O) groups excluding carboxylic acids is 2. The van der Waals surface area contributed by atoms with Gasteiger partial charge in [-0.25, -0.2) is 9.07 Å². The molecular formula is C22H27F4N5O4. The molecule has 1 fully saturated rings. The van der Waals surface area contributed by atoms with Gasteiger partial charge in [-0.1, -0.05) is 11.3 Å². The Balaban J connectivity index is 1.72. The van der Waals surface area contributed by atoms with Crippen LogP contribution < -0.4 is 15.4 Å². The van der Waals surface area contributed by atoms with Crippen LogP contribution in [0.5, 0.6) is 5.75 Å². The number of hydrogen-bond acceptors (Lipinski definition) is 6. The predicted molar refractivity (Wildman–Crippen MR) is 115 cm³/mol. The molecule has 0 radical (unpaired) electrons. The molecule has 192 valence electrons. The first-order chi connectivity index (χ1) is 16.5. The number of alkyl halides is 3. The van der Waals surface area contributed by atoms with Gasteiger partial charge in [0.15, 0.2) is 5.69 Å². The SMILES string of the molecule is CC(O)CNC(=O)c1nnn(C2CCC(C(=O)NCC(F)(F)F)CC2)c1COc1cccc(F)c1.